The lowest BCUT2D eigenvalue weighted by Crippen LogP contribution is -2.23. The number of rotatable bonds is 5. The summed E-state index contributed by atoms with van der Waals surface area (Å²) in [6, 6.07) is 13.4. The molecule has 2 rings (SSSR count). The van der Waals surface area contributed by atoms with Crippen LogP contribution in [0, 0.1) is 0 Å². The second-order valence-corrected chi connectivity index (χ2v) is 9.54. The Morgan fingerprint density at radius 1 is 0.931 bits per heavy atom. The Morgan fingerprint density at radius 2 is 1.45 bits per heavy atom. The topological polar surface area (TPSA) is 61.7 Å². The van der Waals surface area contributed by atoms with E-state index in [1.54, 1.807) is 12.1 Å². The van der Waals surface area contributed by atoms with Crippen LogP contribution in [0.4, 0.5) is 0 Å². The number of hydrazone groups is 1. The molecule has 0 fully saturated rings. The molecule has 156 valence electrons. The highest BCUT2D eigenvalue weighted by Gasteiger charge is 2.27. The molecule has 0 aliphatic heterocycles. The molecule has 4 nitrogen and oxygen atoms in total. The third kappa shape index (κ3) is 5.69. The number of nitrogens with zero attached hydrogens (tertiary/aromatic N) is 1. The van der Waals surface area contributed by atoms with Crippen LogP contribution in [0.2, 0.25) is 0 Å². The number of amides is 1. The van der Waals surface area contributed by atoms with Gasteiger partial charge in [0, 0.05) is 16.7 Å². The van der Waals surface area contributed by atoms with Crippen LogP contribution >= 0.6 is 0 Å². The molecule has 0 unspecified atom stereocenters. The first-order chi connectivity index (χ1) is 13.4. The molecule has 4 heteroatoms. The largest absolute Gasteiger partial charge is 0.507 e. The maximum Gasteiger partial charge on any atom is 0.271 e. The molecule has 2 N–H and O–H groups in total. The lowest BCUT2D eigenvalue weighted by molar-refractivity contribution is 0.0954. The van der Waals surface area contributed by atoms with Crippen molar-refractivity contribution in [3.63, 3.8) is 0 Å². The Morgan fingerprint density at radius 3 is 1.90 bits per heavy atom. The van der Waals surface area contributed by atoms with Crippen LogP contribution in [0.15, 0.2) is 47.6 Å². The van der Waals surface area contributed by atoms with E-state index < -0.39 is 0 Å². The number of nitrogens with one attached hydrogen (secondary N) is 1. The highest BCUT2D eigenvalue weighted by atomic mass is 16.3. The second kappa shape index (κ2) is 8.81. The number of hydrogen-bond donors (Lipinski definition) is 2. The van der Waals surface area contributed by atoms with Crippen LogP contribution in [0.3, 0.4) is 0 Å². The molecule has 0 spiro atoms. The molecule has 0 aliphatic rings. The van der Waals surface area contributed by atoms with E-state index >= 15 is 0 Å². The Kier molecular flexibility index (Phi) is 6.89. The number of hydrogen-bond acceptors (Lipinski definition) is 3. The normalized spacial score (nSPS) is 12.7. The van der Waals surface area contributed by atoms with Gasteiger partial charge in [0.25, 0.3) is 5.91 Å². The summed E-state index contributed by atoms with van der Waals surface area (Å²) in [5.74, 6) is -0.00783. The third-order valence-electron chi connectivity index (χ3n) is 4.87. The van der Waals surface area contributed by atoms with E-state index in [-0.39, 0.29) is 22.5 Å². The molecular weight excluding hydrogens is 360 g/mol. The highest BCUT2D eigenvalue weighted by molar-refractivity contribution is 6.02. The van der Waals surface area contributed by atoms with Crippen molar-refractivity contribution < 1.29 is 9.90 Å². The number of benzene rings is 2. The smallest absolute Gasteiger partial charge is 0.271 e. The quantitative estimate of drug-likeness (QED) is 0.488. The van der Waals surface area contributed by atoms with E-state index in [1.807, 2.05) is 71.9 Å². The number of carbonyl (C=O) groups excluding carboxylic acids is 1. The minimum atomic E-state index is -0.291. The Hall–Kier alpha value is -2.62. The molecule has 0 atom stereocenters. The van der Waals surface area contributed by atoms with Crippen molar-refractivity contribution in [2.24, 2.45) is 5.10 Å². The van der Waals surface area contributed by atoms with Crippen LogP contribution in [-0.4, -0.2) is 16.7 Å². The lowest BCUT2D eigenvalue weighted by Gasteiger charge is -2.28. The van der Waals surface area contributed by atoms with Crippen molar-refractivity contribution in [2.75, 3.05) is 0 Å². The van der Waals surface area contributed by atoms with Gasteiger partial charge in [0.2, 0.25) is 0 Å². The number of aromatic hydroxyl groups is 1. The van der Waals surface area contributed by atoms with Gasteiger partial charge in [0.15, 0.2) is 0 Å². The van der Waals surface area contributed by atoms with Gasteiger partial charge in [-0.05, 0) is 34.9 Å². The average molecular weight is 395 g/mol. The van der Waals surface area contributed by atoms with Crippen molar-refractivity contribution >= 4 is 11.6 Å². The number of phenols is 1. The molecule has 1 amide bonds. The van der Waals surface area contributed by atoms with E-state index in [0.29, 0.717) is 5.56 Å². The number of phenolic OH excluding ortho intramolecular Hbond substituents is 1. The van der Waals surface area contributed by atoms with E-state index in [4.69, 9.17) is 0 Å². The van der Waals surface area contributed by atoms with E-state index in [0.717, 1.165) is 35.2 Å². The van der Waals surface area contributed by atoms with E-state index in [2.05, 4.69) is 17.5 Å². The molecule has 0 heterocycles. The van der Waals surface area contributed by atoms with Crippen molar-refractivity contribution in [3.05, 3.63) is 64.7 Å². The first-order valence-corrected chi connectivity index (χ1v) is 10.3. The van der Waals surface area contributed by atoms with Gasteiger partial charge < -0.3 is 5.11 Å². The molecule has 0 aliphatic carbocycles. The van der Waals surface area contributed by atoms with Gasteiger partial charge >= 0.3 is 0 Å². The van der Waals surface area contributed by atoms with Crippen LogP contribution in [0.1, 0.15) is 88.4 Å². The zero-order chi connectivity index (χ0) is 21.8. The van der Waals surface area contributed by atoms with Crippen LogP contribution in [0.25, 0.3) is 0 Å². The first-order valence-electron chi connectivity index (χ1n) is 10.3. The monoisotopic (exact) mass is 394 g/mol. The van der Waals surface area contributed by atoms with Crippen LogP contribution in [0.5, 0.6) is 5.75 Å². The summed E-state index contributed by atoms with van der Waals surface area (Å²) >= 11 is 0. The maximum atomic E-state index is 13.0. The zero-order valence-corrected chi connectivity index (χ0v) is 18.8. The van der Waals surface area contributed by atoms with Crippen molar-refractivity contribution in [2.45, 2.75) is 72.1 Å². The van der Waals surface area contributed by atoms with Gasteiger partial charge in [0.05, 0.1) is 5.71 Å². The van der Waals surface area contributed by atoms with Gasteiger partial charge in [-0.25, -0.2) is 5.43 Å². The SMILES string of the molecule is CCCC(=NNC(=O)c1cc(C(C)(C)C)c(O)c(C(C)(C)C)c1)c1ccccc1. The summed E-state index contributed by atoms with van der Waals surface area (Å²) in [7, 11) is 0. The molecule has 0 radical (unpaired) electrons. The molecule has 2 aromatic carbocycles. The Labute approximate surface area is 175 Å². The predicted octanol–water partition coefficient (Wildman–Crippen LogP) is 5.92. The maximum absolute atomic E-state index is 13.0. The second-order valence-electron chi connectivity index (χ2n) is 9.54. The predicted molar refractivity (Wildman–Crippen MR) is 121 cm³/mol. The van der Waals surface area contributed by atoms with E-state index in [1.165, 1.54) is 0 Å². The van der Waals surface area contributed by atoms with Crippen molar-refractivity contribution in [1.29, 1.82) is 0 Å². The van der Waals surface area contributed by atoms with Crippen molar-refractivity contribution in [3.8, 4) is 5.75 Å². The molecule has 0 bridgehead atoms. The summed E-state index contributed by atoms with van der Waals surface area (Å²) in [4.78, 5) is 13.0. The fourth-order valence-corrected chi connectivity index (χ4v) is 3.22. The summed E-state index contributed by atoms with van der Waals surface area (Å²) in [5.41, 5.74) is 6.03. The van der Waals surface area contributed by atoms with Gasteiger partial charge in [-0.15, -0.1) is 0 Å². The fourth-order valence-electron chi connectivity index (χ4n) is 3.22. The minimum absolute atomic E-state index is 0.265. The first kappa shape index (κ1) is 22.7. The Bertz CT molecular complexity index is 850. The fraction of sp³-hybridized carbons (Fsp3) is 0.440. The zero-order valence-electron chi connectivity index (χ0n) is 18.8. The summed E-state index contributed by atoms with van der Waals surface area (Å²) < 4.78 is 0. The molecule has 0 saturated heterocycles. The van der Waals surface area contributed by atoms with Crippen LogP contribution in [-0.2, 0) is 10.8 Å². The standard InChI is InChI=1S/C25H34N2O2/c1-8-12-21(17-13-10-9-11-14-17)26-27-23(29)18-15-19(24(2,3)4)22(28)20(16-18)25(5,6)7/h9-11,13-16,28H,8,12H2,1-7H3,(H,27,29). The average Bonchev–Trinajstić information content (AvgIpc) is 2.63. The Balaban J connectivity index is 2.44. The molecule has 29 heavy (non-hydrogen) atoms. The van der Waals surface area contributed by atoms with Gasteiger partial charge in [-0.1, -0.05) is 85.2 Å². The molecule has 0 aromatic heterocycles. The lowest BCUT2D eigenvalue weighted by atomic mass is 9.78. The van der Waals surface area contributed by atoms with Gasteiger partial charge in [0.1, 0.15) is 5.75 Å². The summed E-state index contributed by atoms with van der Waals surface area (Å²) in [6.07, 6.45) is 1.71. The van der Waals surface area contributed by atoms with Gasteiger partial charge in [-0.2, -0.15) is 5.10 Å². The number of carbonyl (C=O) groups is 1. The summed E-state index contributed by atoms with van der Waals surface area (Å²) in [5, 5.41) is 15.3. The molecule has 2 aromatic rings. The highest BCUT2D eigenvalue weighted by Crippen LogP contribution is 2.39. The van der Waals surface area contributed by atoms with Crippen LogP contribution < -0.4 is 5.43 Å². The van der Waals surface area contributed by atoms with Gasteiger partial charge in [-0.3, -0.25) is 4.79 Å². The third-order valence-corrected chi connectivity index (χ3v) is 4.87. The minimum Gasteiger partial charge on any atom is -0.507 e. The summed E-state index contributed by atoms with van der Waals surface area (Å²) in [6.45, 7) is 14.3. The molecule has 0 saturated carbocycles. The van der Waals surface area contributed by atoms with E-state index in [9.17, 15) is 9.90 Å². The molecular formula is C25H34N2O2. The van der Waals surface area contributed by atoms with Crippen molar-refractivity contribution in [1.82, 2.24) is 5.43 Å².